The van der Waals surface area contributed by atoms with Gasteiger partial charge >= 0.3 is 5.97 Å². The maximum Gasteiger partial charge on any atom is 0.303 e. The average Bonchev–Trinajstić information content (AvgIpc) is 2.92. The van der Waals surface area contributed by atoms with Gasteiger partial charge in [0.15, 0.2) is 0 Å². The molecule has 1 heterocycles. The lowest BCUT2D eigenvalue weighted by Gasteiger charge is -2.41. The van der Waals surface area contributed by atoms with Gasteiger partial charge in [-0.15, -0.1) is 0 Å². The van der Waals surface area contributed by atoms with Crippen molar-refractivity contribution in [3.05, 3.63) is 0 Å². The summed E-state index contributed by atoms with van der Waals surface area (Å²) in [4.78, 5) is 24.2. The monoisotopic (exact) mass is 226 g/mol. The van der Waals surface area contributed by atoms with Gasteiger partial charge in [-0.1, -0.05) is 0 Å². The molecule has 1 saturated carbocycles. The molecule has 0 radical (unpaired) electrons. The molecule has 2 fully saturated rings. The average molecular weight is 226 g/mol. The van der Waals surface area contributed by atoms with Gasteiger partial charge in [-0.2, -0.15) is 0 Å². The van der Waals surface area contributed by atoms with Crippen LogP contribution < -0.4 is 5.32 Å². The summed E-state index contributed by atoms with van der Waals surface area (Å²) in [7, 11) is 0. The summed E-state index contributed by atoms with van der Waals surface area (Å²) in [5.41, 5.74) is 0. The number of hydrogen-bond acceptors (Lipinski definition) is 3. The van der Waals surface area contributed by atoms with E-state index in [1.165, 1.54) is 0 Å². The van der Waals surface area contributed by atoms with Crippen molar-refractivity contribution < 1.29 is 14.7 Å². The first-order chi connectivity index (χ1) is 7.56. The number of nitrogens with one attached hydrogen (secondary N) is 1. The van der Waals surface area contributed by atoms with Gasteiger partial charge in [-0.3, -0.25) is 14.5 Å². The van der Waals surface area contributed by atoms with Gasteiger partial charge < -0.3 is 10.4 Å². The zero-order valence-corrected chi connectivity index (χ0v) is 9.48. The predicted octanol–water partition coefficient (Wildman–Crippen LogP) is 0.0600. The van der Waals surface area contributed by atoms with Crippen LogP contribution in [0.1, 0.15) is 26.2 Å². The Morgan fingerprint density at radius 2 is 2.06 bits per heavy atom. The van der Waals surface area contributed by atoms with Crippen LogP contribution in [0.15, 0.2) is 0 Å². The van der Waals surface area contributed by atoms with Gasteiger partial charge in [-0.25, -0.2) is 0 Å². The van der Waals surface area contributed by atoms with E-state index in [9.17, 15) is 9.59 Å². The minimum atomic E-state index is -0.750. The molecule has 0 aromatic heterocycles. The van der Waals surface area contributed by atoms with E-state index in [4.69, 9.17) is 5.11 Å². The number of carbonyl (C=O) groups is 2. The number of carboxylic acid groups (broad SMARTS) is 1. The van der Waals surface area contributed by atoms with Crippen molar-refractivity contribution in [2.24, 2.45) is 5.92 Å². The number of rotatable bonds is 5. The van der Waals surface area contributed by atoms with E-state index in [2.05, 4.69) is 5.32 Å². The lowest BCUT2D eigenvalue weighted by molar-refractivity contribution is -0.140. The fourth-order valence-corrected chi connectivity index (χ4v) is 2.02. The summed E-state index contributed by atoms with van der Waals surface area (Å²) in [5, 5.41) is 11.6. The van der Waals surface area contributed by atoms with E-state index >= 15 is 0 Å². The second-order valence-electron chi connectivity index (χ2n) is 4.88. The highest BCUT2D eigenvalue weighted by molar-refractivity contribution is 5.82. The Bertz CT molecular complexity index is 296. The highest BCUT2D eigenvalue weighted by Gasteiger charge is 2.35. The summed E-state index contributed by atoms with van der Waals surface area (Å²) in [6, 6.07) is 0.275. The summed E-state index contributed by atoms with van der Waals surface area (Å²) in [6.45, 7) is 3.34. The first-order valence-electron chi connectivity index (χ1n) is 5.82. The molecular formula is C11H18N2O3. The molecule has 1 amide bonds. The standard InChI is InChI=1S/C11H18N2O3/c1-7(11(16)12-9-2-3-9)13-5-8(6-13)4-10(14)15/h7-9H,2-6H2,1H3,(H,12,16)(H,14,15). The van der Waals surface area contributed by atoms with Crippen LogP contribution >= 0.6 is 0 Å². The number of aliphatic carboxylic acids is 1. The molecule has 2 N–H and O–H groups in total. The molecule has 2 aliphatic rings. The second-order valence-corrected chi connectivity index (χ2v) is 4.88. The Morgan fingerprint density at radius 3 is 2.56 bits per heavy atom. The molecule has 5 nitrogen and oxygen atoms in total. The lowest BCUT2D eigenvalue weighted by atomic mass is 9.94. The van der Waals surface area contributed by atoms with Gasteiger partial charge in [0, 0.05) is 19.1 Å². The van der Waals surface area contributed by atoms with E-state index in [0.29, 0.717) is 6.04 Å². The van der Waals surface area contributed by atoms with Crippen LogP contribution in [0.5, 0.6) is 0 Å². The van der Waals surface area contributed by atoms with Gasteiger partial charge in [0.2, 0.25) is 5.91 Å². The van der Waals surface area contributed by atoms with Crippen LogP contribution in [-0.4, -0.2) is 47.1 Å². The molecule has 5 heteroatoms. The molecule has 1 aliphatic carbocycles. The van der Waals surface area contributed by atoms with Crippen molar-refractivity contribution in [2.75, 3.05) is 13.1 Å². The highest BCUT2D eigenvalue weighted by atomic mass is 16.4. The van der Waals surface area contributed by atoms with E-state index in [1.54, 1.807) is 0 Å². The molecule has 1 saturated heterocycles. The number of hydrogen-bond donors (Lipinski definition) is 2. The third-order valence-corrected chi connectivity index (χ3v) is 3.30. The normalized spacial score (nSPS) is 23.6. The molecule has 1 unspecified atom stereocenters. The first-order valence-corrected chi connectivity index (χ1v) is 5.82. The largest absolute Gasteiger partial charge is 0.481 e. The zero-order chi connectivity index (χ0) is 11.7. The van der Waals surface area contributed by atoms with Crippen LogP contribution in [0.25, 0.3) is 0 Å². The minimum absolute atomic E-state index is 0.0799. The van der Waals surface area contributed by atoms with Gasteiger partial charge in [0.25, 0.3) is 0 Å². The summed E-state index contributed by atoms with van der Waals surface area (Å²) in [6.07, 6.45) is 2.41. The third-order valence-electron chi connectivity index (χ3n) is 3.30. The van der Waals surface area contributed by atoms with Crippen molar-refractivity contribution in [3.63, 3.8) is 0 Å². The Morgan fingerprint density at radius 1 is 1.44 bits per heavy atom. The number of nitrogens with zero attached hydrogens (tertiary/aromatic N) is 1. The summed E-state index contributed by atoms with van der Waals surface area (Å²) in [5.74, 6) is -0.454. The van der Waals surface area contributed by atoms with Crippen molar-refractivity contribution in [1.29, 1.82) is 0 Å². The Kier molecular flexibility index (Phi) is 3.14. The molecule has 0 bridgehead atoms. The van der Waals surface area contributed by atoms with Crippen LogP contribution in [0, 0.1) is 5.92 Å². The van der Waals surface area contributed by atoms with E-state index in [1.807, 2.05) is 11.8 Å². The van der Waals surface area contributed by atoms with Crippen molar-refractivity contribution in [3.8, 4) is 0 Å². The maximum absolute atomic E-state index is 11.7. The van der Waals surface area contributed by atoms with Crippen LogP contribution in [0.3, 0.4) is 0 Å². The molecular weight excluding hydrogens is 208 g/mol. The number of carboxylic acids is 1. The molecule has 90 valence electrons. The highest BCUT2D eigenvalue weighted by Crippen LogP contribution is 2.23. The predicted molar refractivity (Wildman–Crippen MR) is 57.9 cm³/mol. The first kappa shape index (κ1) is 11.4. The quantitative estimate of drug-likeness (QED) is 0.695. The second kappa shape index (κ2) is 4.41. The fourth-order valence-electron chi connectivity index (χ4n) is 2.02. The van der Waals surface area contributed by atoms with Crippen molar-refractivity contribution >= 4 is 11.9 Å². The summed E-state index contributed by atoms with van der Waals surface area (Å²) < 4.78 is 0. The number of amides is 1. The molecule has 0 aromatic carbocycles. The molecule has 16 heavy (non-hydrogen) atoms. The van der Waals surface area contributed by atoms with Crippen molar-refractivity contribution in [2.45, 2.75) is 38.3 Å². The molecule has 1 aliphatic heterocycles. The third kappa shape index (κ3) is 2.72. The van der Waals surface area contributed by atoms with E-state index in [0.717, 1.165) is 25.9 Å². The maximum atomic E-state index is 11.7. The van der Waals surface area contributed by atoms with Gasteiger partial charge in [-0.05, 0) is 25.7 Å². The number of likely N-dealkylation sites (tertiary alicyclic amines) is 1. The Hall–Kier alpha value is -1.10. The molecule has 0 aromatic rings. The Balaban J connectivity index is 1.69. The molecule has 0 spiro atoms. The van der Waals surface area contributed by atoms with Gasteiger partial charge in [0.05, 0.1) is 12.5 Å². The van der Waals surface area contributed by atoms with E-state index < -0.39 is 5.97 Å². The molecule has 2 rings (SSSR count). The van der Waals surface area contributed by atoms with Crippen LogP contribution in [0.2, 0.25) is 0 Å². The SMILES string of the molecule is CC(C(=O)NC1CC1)N1CC(CC(=O)O)C1. The topological polar surface area (TPSA) is 69.6 Å². The van der Waals surface area contributed by atoms with Crippen molar-refractivity contribution in [1.82, 2.24) is 10.2 Å². The smallest absolute Gasteiger partial charge is 0.303 e. The minimum Gasteiger partial charge on any atom is -0.481 e. The number of carbonyl (C=O) groups excluding carboxylic acids is 1. The zero-order valence-electron chi connectivity index (χ0n) is 9.48. The summed E-state index contributed by atoms with van der Waals surface area (Å²) >= 11 is 0. The Labute approximate surface area is 94.8 Å². The fraction of sp³-hybridized carbons (Fsp3) is 0.818. The van der Waals surface area contributed by atoms with Crippen LogP contribution in [-0.2, 0) is 9.59 Å². The lowest BCUT2D eigenvalue weighted by Crippen LogP contribution is -2.56. The van der Waals surface area contributed by atoms with E-state index in [-0.39, 0.29) is 24.3 Å². The van der Waals surface area contributed by atoms with Gasteiger partial charge in [0.1, 0.15) is 0 Å². The molecule has 1 atom stereocenters. The van der Waals surface area contributed by atoms with Crippen LogP contribution in [0.4, 0.5) is 0 Å².